The van der Waals surface area contributed by atoms with Gasteiger partial charge in [0.2, 0.25) is 0 Å². The molecule has 13 nitrogen and oxygen atoms in total. The summed E-state index contributed by atoms with van der Waals surface area (Å²) in [5, 5.41) is 28.9. The molecule has 0 aliphatic carbocycles. The fourth-order valence-electron chi connectivity index (χ4n) is 4.58. The summed E-state index contributed by atoms with van der Waals surface area (Å²) in [5.41, 5.74) is 1.64. The van der Waals surface area contributed by atoms with E-state index in [0.717, 1.165) is 63.4 Å². The first-order valence-corrected chi connectivity index (χ1v) is 16.0. The molecule has 0 atom stereocenters. The molecule has 2 aliphatic heterocycles. The van der Waals surface area contributed by atoms with Crippen molar-refractivity contribution in [3.8, 4) is 0 Å². The monoisotopic (exact) mass is 676 g/mol. The van der Waals surface area contributed by atoms with E-state index in [4.69, 9.17) is 0 Å². The number of carbonyl (C=O) groups excluding carboxylic acids is 2. The number of carboxylic acid groups (broad SMARTS) is 2. The predicted octanol–water partition coefficient (Wildman–Crippen LogP) is 1.08. The molecule has 4 heterocycles. The van der Waals surface area contributed by atoms with Crippen LogP contribution in [0.15, 0.2) is 37.7 Å². The van der Waals surface area contributed by atoms with E-state index in [2.05, 4.69) is 0 Å². The zero-order chi connectivity index (χ0) is 32.2. The average molecular weight is 677 g/mol. The van der Waals surface area contributed by atoms with Crippen LogP contribution in [-0.4, -0.2) is 66.5 Å². The van der Waals surface area contributed by atoms with E-state index in [9.17, 15) is 44.1 Å². The first-order valence-electron chi connectivity index (χ1n) is 12.7. The Bertz CT molecular complexity index is 2170. The number of benzene rings is 1. The average Bonchev–Trinajstić information content (AvgIpc) is 3.62. The van der Waals surface area contributed by atoms with Gasteiger partial charge in [0.15, 0.2) is 0 Å². The molecule has 3 aromatic rings. The third kappa shape index (κ3) is 5.45. The predicted molar refractivity (Wildman–Crippen MR) is 167 cm³/mol. The number of aliphatic hydroxyl groups is 1. The summed E-state index contributed by atoms with van der Waals surface area (Å²) in [6, 6.07) is 3.86. The molecule has 1 fully saturated rings. The molecule has 3 N–H and O–H groups in total. The number of anilines is 1. The van der Waals surface area contributed by atoms with Gasteiger partial charge >= 0.3 is 11.9 Å². The van der Waals surface area contributed by atoms with Gasteiger partial charge in [-0.3, -0.25) is 42.8 Å². The topological polar surface area (TPSA) is 179 Å². The Hall–Kier alpha value is -3.90. The van der Waals surface area contributed by atoms with Crippen molar-refractivity contribution in [2.75, 3.05) is 19.0 Å². The molecule has 1 saturated heterocycles. The number of hydrogen-bond donors (Lipinski definition) is 3. The molecule has 0 spiro atoms. The van der Waals surface area contributed by atoms with E-state index in [1.54, 1.807) is 13.0 Å². The molecular weight excluding hydrogens is 653 g/mol. The molecule has 5 rings (SSSR count). The molecule has 2 aliphatic rings. The highest BCUT2D eigenvalue weighted by atomic mass is 32.2. The number of aromatic nitrogens is 2. The van der Waals surface area contributed by atoms with Crippen LogP contribution >= 0.6 is 46.2 Å². The summed E-state index contributed by atoms with van der Waals surface area (Å²) >= 11 is 3.60. The summed E-state index contributed by atoms with van der Waals surface area (Å²) in [4.78, 5) is 79.1. The van der Waals surface area contributed by atoms with Crippen molar-refractivity contribution in [2.24, 2.45) is 0 Å². The van der Waals surface area contributed by atoms with Gasteiger partial charge in [-0.2, -0.15) is 0 Å². The van der Waals surface area contributed by atoms with Crippen molar-refractivity contribution in [3.63, 3.8) is 0 Å². The fraction of sp³-hybridized carbons (Fsp3) is 0.259. The van der Waals surface area contributed by atoms with E-state index < -0.39 is 47.3 Å². The number of hydrogen-bond acceptors (Lipinski definition) is 12. The lowest BCUT2D eigenvalue weighted by molar-refractivity contribution is -0.138. The van der Waals surface area contributed by atoms with Crippen LogP contribution in [0.5, 0.6) is 0 Å². The Balaban J connectivity index is 1.80. The number of imide groups is 1. The van der Waals surface area contributed by atoms with E-state index >= 15 is 0 Å². The first-order chi connectivity index (χ1) is 20.7. The third-order valence-electron chi connectivity index (χ3n) is 6.90. The molecule has 1 aromatic carbocycles. The number of fused-ring (bicyclic) bond motifs is 1. The van der Waals surface area contributed by atoms with Gasteiger partial charge in [0.05, 0.1) is 21.9 Å². The first kappa shape index (κ1) is 31.5. The Morgan fingerprint density at radius 1 is 0.886 bits per heavy atom. The Labute approximate surface area is 264 Å². The highest BCUT2D eigenvalue weighted by molar-refractivity contribution is 8.23. The summed E-state index contributed by atoms with van der Waals surface area (Å²) < 4.78 is 1.72. The molecule has 44 heavy (non-hydrogen) atoms. The van der Waals surface area contributed by atoms with E-state index in [1.807, 2.05) is 31.0 Å². The fourth-order valence-corrected chi connectivity index (χ4v) is 9.16. The standard InChI is InChI=1S/C27H24N4O9S4/c1-11-5-14-15(7-13(11)10-32)41-16(28(14)3)6-12(2)19-23(38)30(8-17(33)34)26(42-19)21-24(39)31(9-18(35)36)25(43-21)20-22(37)29(4)27(40)44-20/h5-7,32H,8-10H2,1-4H3,(H,33,34)(H,35,36)/b16-6?,19-12+,25-20+,26-21+. The second-order valence-electron chi connectivity index (χ2n) is 9.84. The molecule has 0 saturated carbocycles. The normalized spacial score (nSPS) is 18.4. The summed E-state index contributed by atoms with van der Waals surface area (Å²) in [6.07, 6.45) is 1.77. The number of carboxylic acids is 2. The number of amides is 2. The number of allylic oxidation sites excluding steroid dienone is 1. The lowest BCUT2D eigenvalue weighted by Crippen LogP contribution is -2.32. The largest absolute Gasteiger partial charge is 0.480 e. The molecule has 0 radical (unpaired) electrons. The zero-order valence-electron chi connectivity index (χ0n) is 23.6. The number of aliphatic hydroxyl groups excluding tert-OH is 1. The number of thiazole rings is 2. The van der Waals surface area contributed by atoms with Crippen molar-refractivity contribution >= 4 is 85.4 Å². The quantitative estimate of drug-likeness (QED) is 0.339. The third-order valence-corrected chi connectivity index (χ3v) is 11.8. The number of thioether (sulfide) groups is 2. The number of carbonyl (C=O) groups is 4. The number of aryl methyl sites for hydroxylation is 1. The maximum absolute atomic E-state index is 13.6. The van der Waals surface area contributed by atoms with Crippen molar-refractivity contribution < 1.29 is 34.5 Å². The Kier molecular flexibility index (Phi) is 8.52. The minimum absolute atomic E-state index is 0.0137. The van der Waals surface area contributed by atoms with Crippen LogP contribution in [0.1, 0.15) is 18.1 Å². The second-order valence-corrected chi connectivity index (χ2v) is 13.9. The summed E-state index contributed by atoms with van der Waals surface area (Å²) in [5.74, 6) is -3.42. The van der Waals surface area contributed by atoms with Gasteiger partial charge in [-0.25, -0.2) is 0 Å². The van der Waals surface area contributed by atoms with Gasteiger partial charge in [-0.1, -0.05) is 11.8 Å². The van der Waals surface area contributed by atoms with Gasteiger partial charge in [0, 0.05) is 19.0 Å². The molecular formula is C27H24N4O9S4. The van der Waals surface area contributed by atoms with Crippen LogP contribution in [0.4, 0.5) is 10.5 Å². The maximum atomic E-state index is 13.6. The lowest BCUT2D eigenvalue weighted by Gasteiger charge is -2.14. The smallest absolute Gasteiger partial charge is 0.323 e. The second kappa shape index (κ2) is 11.9. The number of nitrogens with zero attached hydrogens (tertiary/aromatic N) is 4. The van der Waals surface area contributed by atoms with Crippen LogP contribution in [0.2, 0.25) is 0 Å². The summed E-state index contributed by atoms with van der Waals surface area (Å²) in [6.45, 7) is 1.89. The van der Waals surface area contributed by atoms with Gasteiger partial charge in [-0.15, -0.1) is 22.7 Å². The molecule has 0 bridgehead atoms. The van der Waals surface area contributed by atoms with Crippen molar-refractivity contribution in [1.82, 2.24) is 14.0 Å². The lowest BCUT2D eigenvalue weighted by atomic mass is 10.1. The Morgan fingerprint density at radius 2 is 1.52 bits per heavy atom. The van der Waals surface area contributed by atoms with Crippen molar-refractivity contribution in [1.29, 1.82) is 0 Å². The Morgan fingerprint density at radius 3 is 2.09 bits per heavy atom. The molecule has 2 amide bonds. The zero-order valence-corrected chi connectivity index (χ0v) is 26.8. The number of aliphatic carboxylic acids is 2. The van der Waals surface area contributed by atoms with E-state index in [1.165, 1.54) is 18.8 Å². The van der Waals surface area contributed by atoms with Crippen LogP contribution in [-0.2, 0) is 34.1 Å². The van der Waals surface area contributed by atoms with Crippen LogP contribution in [0, 0.1) is 16.1 Å². The van der Waals surface area contributed by atoms with Crippen LogP contribution < -0.4 is 25.2 Å². The molecule has 0 unspecified atom stereocenters. The van der Waals surface area contributed by atoms with Crippen molar-refractivity contribution in [2.45, 2.75) is 38.4 Å². The SMILES string of the molecule is C/C(C=C1Sc2cc(CO)c(C)cc2N1C)=c1\s/c(=c2/s/c(=C3/SC(=O)N(C)C3=O)n(CC(=O)O)c2=O)n(CC(=O)O)c1=O. The highest BCUT2D eigenvalue weighted by Crippen LogP contribution is 2.46. The minimum Gasteiger partial charge on any atom is -0.480 e. The van der Waals surface area contributed by atoms with E-state index in [0.29, 0.717) is 17.3 Å². The van der Waals surface area contributed by atoms with Crippen LogP contribution in [0.3, 0.4) is 0 Å². The molecule has 17 heteroatoms. The van der Waals surface area contributed by atoms with Gasteiger partial charge < -0.3 is 20.2 Å². The molecule has 230 valence electrons. The molecule has 2 aromatic heterocycles. The summed E-state index contributed by atoms with van der Waals surface area (Å²) in [7, 11) is 3.12. The van der Waals surface area contributed by atoms with E-state index in [-0.39, 0.29) is 29.9 Å². The van der Waals surface area contributed by atoms with Crippen LogP contribution in [0.25, 0.3) is 10.5 Å². The van der Waals surface area contributed by atoms with Crippen molar-refractivity contribution in [3.05, 3.63) is 73.5 Å². The number of rotatable bonds is 6. The highest BCUT2D eigenvalue weighted by Gasteiger charge is 2.34. The van der Waals surface area contributed by atoms with Gasteiger partial charge in [-0.05, 0) is 60.5 Å². The maximum Gasteiger partial charge on any atom is 0.323 e. The minimum atomic E-state index is -1.38. The van der Waals surface area contributed by atoms with Gasteiger partial charge in [0.1, 0.15) is 31.9 Å². The van der Waals surface area contributed by atoms with Gasteiger partial charge in [0.25, 0.3) is 22.3 Å².